The molecule has 0 spiro atoms. The van der Waals surface area contributed by atoms with E-state index in [0.29, 0.717) is 11.3 Å². The molecule has 5 nitrogen and oxygen atoms in total. The highest BCUT2D eigenvalue weighted by atomic mass is 16.2. The summed E-state index contributed by atoms with van der Waals surface area (Å²) in [5, 5.41) is 2.67. The lowest BCUT2D eigenvalue weighted by Crippen LogP contribution is -2.21. The quantitative estimate of drug-likeness (QED) is 0.847. The number of nitrogens with zero attached hydrogens (tertiary/aromatic N) is 1. The van der Waals surface area contributed by atoms with Crippen LogP contribution in [0.3, 0.4) is 0 Å². The summed E-state index contributed by atoms with van der Waals surface area (Å²) in [6.07, 6.45) is 3.58. The van der Waals surface area contributed by atoms with Gasteiger partial charge in [-0.25, -0.2) is 0 Å². The number of para-hydroxylation sites is 1. The summed E-state index contributed by atoms with van der Waals surface area (Å²) >= 11 is 0. The van der Waals surface area contributed by atoms with Gasteiger partial charge in [0, 0.05) is 12.4 Å². The zero-order valence-corrected chi connectivity index (χ0v) is 9.67. The van der Waals surface area contributed by atoms with Gasteiger partial charge in [-0.3, -0.25) is 9.59 Å². The van der Waals surface area contributed by atoms with Crippen LogP contribution in [0.5, 0.6) is 0 Å². The first-order chi connectivity index (χ1) is 8.66. The molecule has 0 radical (unpaired) electrons. The van der Waals surface area contributed by atoms with Crippen LogP contribution in [0.4, 0.5) is 5.69 Å². The van der Waals surface area contributed by atoms with E-state index >= 15 is 0 Å². The lowest BCUT2D eigenvalue weighted by atomic mass is 10.1. The Kier molecular flexibility index (Phi) is 3.43. The molecule has 0 aliphatic heterocycles. The molecule has 1 aromatic heterocycles. The predicted molar refractivity (Wildman–Crippen MR) is 68.0 cm³/mol. The van der Waals surface area contributed by atoms with Gasteiger partial charge < -0.3 is 15.6 Å². The molecule has 0 atom stereocenters. The lowest BCUT2D eigenvalue weighted by Gasteiger charge is -2.09. The summed E-state index contributed by atoms with van der Waals surface area (Å²) < 4.78 is 1.74. The van der Waals surface area contributed by atoms with Crippen LogP contribution in [0.25, 0.3) is 0 Å². The van der Waals surface area contributed by atoms with E-state index < -0.39 is 5.91 Å². The van der Waals surface area contributed by atoms with Crippen molar-refractivity contribution < 1.29 is 9.59 Å². The van der Waals surface area contributed by atoms with Crippen molar-refractivity contribution >= 4 is 17.5 Å². The van der Waals surface area contributed by atoms with E-state index in [1.165, 1.54) is 0 Å². The minimum atomic E-state index is -0.563. The third kappa shape index (κ3) is 2.76. The summed E-state index contributed by atoms with van der Waals surface area (Å²) in [5.41, 5.74) is 5.97. The van der Waals surface area contributed by atoms with Crippen LogP contribution in [0.2, 0.25) is 0 Å². The van der Waals surface area contributed by atoms with Crippen LogP contribution in [-0.4, -0.2) is 16.4 Å². The highest BCUT2D eigenvalue weighted by molar-refractivity contribution is 6.02. The molecule has 2 rings (SSSR count). The largest absolute Gasteiger partial charge is 0.366 e. The molecule has 18 heavy (non-hydrogen) atoms. The molecule has 3 N–H and O–H groups in total. The molecule has 0 unspecified atom stereocenters. The number of hydrogen-bond acceptors (Lipinski definition) is 2. The Labute approximate surface area is 104 Å². The van der Waals surface area contributed by atoms with E-state index in [-0.39, 0.29) is 12.5 Å². The first kappa shape index (κ1) is 11.9. The number of carbonyl (C=O) groups is 2. The Morgan fingerprint density at radius 2 is 1.78 bits per heavy atom. The highest BCUT2D eigenvalue weighted by Crippen LogP contribution is 2.14. The van der Waals surface area contributed by atoms with Crippen molar-refractivity contribution in [1.29, 1.82) is 0 Å². The van der Waals surface area contributed by atoms with Gasteiger partial charge in [-0.15, -0.1) is 0 Å². The van der Waals surface area contributed by atoms with E-state index in [2.05, 4.69) is 5.32 Å². The summed E-state index contributed by atoms with van der Waals surface area (Å²) in [6, 6.07) is 10.3. The SMILES string of the molecule is NC(=O)c1ccccc1NC(=O)Cn1cccc1. The number of rotatable bonds is 4. The number of carbonyl (C=O) groups excluding carboxylic acids is 2. The van der Waals surface area contributed by atoms with Gasteiger partial charge in [0.05, 0.1) is 11.3 Å². The standard InChI is InChI=1S/C13H13N3O2/c14-13(18)10-5-1-2-6-11(10)15-12(17)9-16-7-3-4-8-16/h1-8H,9H2,(H2,14,18)(H,15,17). The number of aromatic nitrogens is 1. The molecule has 0 fully saturated rings. The monoisotopic (exact) mass is 243 g/mol. The van der Waals surface area contributed by atoms with Gasteiger partial charge in [-0.2, -0.15) is 0 Å². The molecule has 1 aromatic carbocycles. The molecule has 1 heterocycles. The topological polar surface area (TPSA) is 77.1 Å². The minimum Gasteiger partial charge on any atom is -0.366 e. The van der Waals surface area contributed by atoms with Gasteiger partial charge in [-0.05, 0) is 24.3 Å². The lowest BCUT2D eigenvalue weighted by molar-refractivity contribution is -0.116. The highest BCUT2D eigenvalue weighted by Gasteiger charge is 2.10. The maximum atomic E-state index is 11.8. The number of nitrogens with two attached hydrogens (primary N) is 1. The second-order valence-corrected chi connectivity index (χ2v) is 3.81. The van der Waals surface area contributed by atoms with Crippen LogP contribution >= 0.6 is 0 Å². The molecule has 5 heteroatoms. The van der Waals surface area contributed by atoms with Gasteiger partial charge in [0.15, 0.2) is 0 Å². The van der Waals surface area contributed by atoms with Gasteiger partial charge >= 0.3 is 0 Å². The number of benzene rings is 1. The molecular weight excluding hydrogens is 230 g/mol. The Bertz CT molecular complexity index is 561. The average Bonchev–Trinajstić information content (AvgIpc) is 2.82. The van der Waals surface area contributed by atoms with Gasteiger partial charge in [0.1, 0.15) is 6.54 Å². The van der Waals surface area contributed by atoms with Crippen molar-refractivity contribution in [2.45, 2.75) is 6.54 Å². The van der Waals surface area contributed by atoms with Crippen LogP contribution < -0.4 is 11.1 Å². The molecule has 0 aliphatic carbocycles. The average molecular weight is 243 g/mol. The van der Waals surface area contributed by atoms with Gasteiger partial charge in [-0.1, -0.05) is 12.1 Å². The minimum absolute atomic E-state index is 0.195. The molecule has 92 valence electrons. The third-order valence-corrected chi connectivity index (χ3v) is 2.46. The summed E-state index contributed by atoms with van der Waals surface area (Å²) in [6.45, 7) is 0.195. The molecule has 2 aromatic rings. The van der Waals surface area contributed by atoms with E-state index in [4.69, 9.17) is 5.73 Å². The van der Waals surface area contributed by atoms with E-state index in [1.54, 1.807) is 41.2 Å². The summed E-state index contributed by atoms with van der Waals surface area (Å²) in [5.74, 6) is -0.772. The molecule has 2 amide bonds. The van der Waals surface area contributed by atoms with Crippen LogP contribution in [0.15, 0.2) is 48.8 Å². The molecule has 0 aliphatic rings. The fourth-order valence-corrected chi connectivity index (χ4v) is 1.64. The fourth-order valence-electron chi connectivity index (χ4n) is 1.64. The van der Waals surface area contributed by atoms with Crippen LogP contribution in [0, 0.1) is 0 Å². The van der Waals surface area contributed by atoms with Crippen LogP contribution in [-0.2, 0) is 11.3 Å². The Balaban J connectivity index is 2.09. The van der Waals surface area contributed by atoms with Crippen LogP contribution in [0.1, 0.15) is 10.4 Å². The summed E-state index contributed by atoms with van der Waals surface area (Å²) in [7, 11) is 0. The Hall–Kier alpha value is -2.56. The van der Waals surface area contributed by atoms with Crippen molar-refractivity contribution in [1.82, 2.24) is 4.57 Å². The first-order valence-corrected chi connectivity index (χ1v) is 5.46. The Morgan fingerprint density at radius 1 is 1.11 bits per heavy atom. The molecule has 0 saturated carbocycles. The van der Waals surface area contributed by atoms with Crippen molar-refractivity contribution in [3.63, 3.8) is 0 Å². The Morgan fingerprint density at radius 3 is 2.44 bits per heavy atom. The van der Waals surface area contributed by atoms with Gasteiger partial charge in [0.25, 0.3) is 5.91 Å². The van der Waals surface area contributed by atoms with Gasteiger partial charge in [0.2, 0.25) is 5.91 Å². The summed E-state index contributed by atoms with van der Waals surface area (Å²) in [4.78, 5) is 23.0. The maximum absolute atomic E-state index is 11.8. The number of anilines is 1. The third-order valence-electron chi connectivity index (χ3n) is 2.46. The van der Waals surface area contributed by atoms with E-state index in [9.17, 15) is 9.59 Å². The predicted octanol–water partition coefficient (Wildman–Crippen LogP) is 1.23. The molecule has 0 saturated heterocycles. The molecule has 0 bridgehead atoms. The second-order valence-electron chi connectivity index (χ2n) is 3.81. The van der Waals surface area contributed by atoms with Crippen molar-refractivity contribution in [2.24, 2.45) is 5.73 Å². The normalized spacial score (nSPS) is 10.0. The van der Waals surface area contributed by atoms with E-state index in [0.717, 1.165) is 0 Å². The second kappa shape index (κ2) is 5.18. The first-order valence-electron chi connectivity index (χ1n) is 5.46. The number of primary amides is 1. The number of nitrogens with one attached hydrogen (secondary N) is 1. The molecular formula is C13H13N3O2. The van der Waals surface area contributed by atoms with Crippen molar-refractivity contribution in [2.75, 3.05) is 5.32 Å². The fraction of sp³-hybridized carbons (Fsp3) is 0.0769. The number of amides is 2. The number of hydrogen-bond donors (Lipinski definition) is 2. The van der Waals surface area contributed by atoms with Crippen molar-refractivity contribution in [3.05, 3.63) is 54.4 Å². The zero-order valence-electron chi connectivity index (χ0n) is 9.67. The zero-order chi connectivity index (χ0) is 13.0. The maximum Gasteiger partial charge on any atom is 0.250 e. The van der Waals surface area contributed by atoms with Crippen molar-refractivity contribution in [3.8, 4) is 0 Å². The van der Waals surface area contributed by atoms with E-state index in [1.807, 2.05) is 12.1 Å². The smallest absolute Gasteiger partial charge is 0.250 e.